The molecule has 2 N–H and O–H groups in total. The Hall–Kier alpha value is -3.63. The van der Waals surface area contributed by atoms with Gasteiger partial charge in [0.2, 0.25) is 5.60 Å². The SMILES string of the molecule is CC[C@@]1(OC=O)C(=O)OCc2c1cc1n(c2=O)Cc2c-1nc1cc(F)c(C)c3c1c2[C@@H](NCCO)CC3. The summed E-state index contributed by atoms with van der Waals surface area (Å²) in [7, 11) is 0. The van der Waals surface area contributed by atoms with Crippen LogP contribution in [0.25, 0.3) is 22.3 Å². The molecule has 192 valence electrons. The summed E-state index contributed by atoms with van der Waals surface area (Å²) < 4.78 is 27.1. The number of pyridine rings is 2. The molecule has 0 fully saturated rings. The molecule has 0 bridgehead atoms. The van der Waals surface area contributed by atoms with Gasteiger partial charge in [-0.1, -0.05) is 6.92 Å². The van der Waals surface area contributed by atoms with Crippen molar-refractivity contribution in [2.24, 2.45) is 0 Å². The van der Waals surface area contributed by atoms with Gasteiger partial charge in [-0.15, -0.1) is 0 Å². The van der Waals surface area contributed by atoms with E-state index in [0.717, 1.165) is 22.1 Å². The lowest BCUT2D eigenvalue weighted by molar-refractivity contribution is -0.182. The van der Waals surface area contributed by atoms with Gasteiger partial charge in [-0.2, -0.15) is 0 Å². The molecule has 0 unspecified atom stereocenters. The van der Waals surface area contributed by atoms with Crippen LogP contribution in [0.1, 0.15) is 59.2 Å². The van der Waals surface area contributed by atoms with Crippen LogP contribution in [0, 0.1) is 12.7 Å². The number of fused-ring (bicyclic) bond motifs is 5. The fourth-order valence-corrected chi connectivity index (χ4v) is 6.26. The van der Waals surface area contributed by atoms with E-state index in [4.69, 9.17) is 14.5 Å². The van der Waals surface area contributed by atoms with Crippen LogP contribution in [0.4, 0.5) is 4.39 Å². The lowest BCUT2D eigenvalue weighted by atomic mass is 9.81. The number of ether oxygens (including phenoxy) is 2. The minimum atomic E-state index is -1.72. The fraction of sp³-hybridized carbons (Fsp3) is 0.407. The second-order valence-corrected chi connectivity index (χ2v) is 9.76. The van der Waals surface area contributed by atoms with Crippen molar-refractivity contribution < 1.29 is 28.6 Å². The second-order valence-electron chi connectivity index (χ2n) is 9.76. The Balaban J connectivity index is 1.66. The van der Waals surface area contributed by atoms with Gasteiger partial charge < -0.3 is 24.5 Å². The Morgan fingerprint density at radius 3 is 2.86 bits per heavy atom. The van der Waals surface area contributed by atoms with Crippen LogP contribution in [0.3, 0.4) is 0 Å². The standard InChI is InChI=1S/C27H26FN3O6/c1-3-27(37-12-33)17-8-21-24-15(10-31(21)25(34)16(17)11-36-26(27)35)23-19(29-6-7-32)5-4-14-13(2)18(28)9-20(30-24)22(14)23/h8-9,12,19,29,32H,3-7,10-11H2,1-2H3/t19-,27-/m0/s1. The van der Waals surface area contributed by atoms with Crippen molar-refractivity contribution in [1.29, 1.82) is 0 Å². The maximum absolute atomic E-state index is 14.9. The number of aromatic nitrogens is 2. The fourth-order valence-electron chi connectivity index (χ4n) is 6.26. The van der Waals surface area contributed by atoms with Crippen molar-refractivity contribution in [2.45, 2.75) is 57.9 Å². The van der Waals surface area contributed by atoms with Crippen LogP contribution in [0.2, 0.25) is 0 Å². The van der Waals surface area contributed by atoms with E-state index in [-0.39, 0.29) is 55.6 Å². The predicted molar refractivity (Wildman–Crippen MR) is 130 cm³/mol. The summed E-state index contributed by atoms with van der Waals surface area (Å²) in [5, 5.41) is 13.7. The Kier molecular flexibility index (Phi) is 5.43. The van der Waals surface area contributed by atoms with E-state index in [9.17, 15) is 23.9 Å². The number of aliphatic hydroxyl groups is 1. The highest BCUT2D eigenvalue weighted by atomic mass is 19.1. The summed E-state index contributed by atoms with van der Waals surface area (Å²) in [6, 6.07) is 3.00. The predicted octanol–water partition coefficient (Wildman–Crippen LogP) is 2.28. The number of carbonyl (C=O) groups is 2. The van der Waals surface area contributed by atoms with E-state index < -0.39 is 11.6 Å². The van der Waals surface area contributed by atoms with Crippen LogP contribution in [-0.4, -0.2) is 40.3 Å². The first-order valence-corrected chi connectivity index (χ1v) is 12.4. The van der Waals surface area contributed by atoms with Crippen LogP contribution < -0.4 is 10.9 Å². The van der Waals surface area contributed by atoms with E-state index >= 15 is 0 Å². The van der Waals surface area contributed by atoms with Gasteiger partial charge in [0, 0.05) is 35.2 Å². The number of halogens is 1. The number of esters is 1. The van der Waals surface area contributed by atoms with Crippen LogP contribution in [0.15, 0.2) is 16.9 Å². The quantitative estimate of drug-likeness (QED) is 0.301. The number of hydrogen-bond acceptors (Lipinski definition) is 8. The van der Waals surface area contributed by atoms with Crippen molar-refractivity contribution >= 4 is 23.3 Å². The molecule has 1 aromatic carbocycles. The maximum atomic E-state index is 14.9. The smallest absolute Gasteiger partial charge is 0.355 e. The van der Waals surface area contributed by atoms with Gasteiger partial charge in [0.15, 0.2) is 0 Å². The number of benzene rings is 1. The summed E-state index contributed by atoms with van der Waals surface area (Å²) in [6.07, 6.45) is 1.46. The van der Waals surface area contributed by atoms with Gasteiger partial charge in [-0.05, 0) is 48.9 Å². The van der Waals surface area contributed by atoms with Crippen molar-refractivity contribution in [2.75, 3.05) is 13.2 Å². The third kappa shape index (κ3) is 3.15. The number of carbonyl (C=O) groups excluding carboxylic acids is 2. The largest absolute Gasteiger partial charge is 0.457 e. The zero-order valence-electron chi connectivity index (χ0n) is 20.5. The number of hydrogen-bond donors (Lipinski definition) is 2. The van der Waals surface area contributed by atoms with Gasteiger partial charge in [-0.25, -0.2) is 14.2 Å². The monoisotopic (exact) mass is 507 g/mol. The average molecular weight is 508 g/mol. The Labute approximate surface area is 211 Å². The molecule has 3 aromatic rings. The molecular formula is C27H26FN3O6. The molecule has 10 heteroatoms. The number of rotatable bonds is 6. The highest BCUT2D eigenvalue weighted by Crippen LogP contribution is 2.46. The van der Waals surface area contributed by atoms with Gasteiger partial charge in [0.05, 0.1) is 35.6 Å². The van der Waals surface area contributed by atoms with Crippen LogP contribution >= 0.6 is 0 Å². The molecule has 9 nitrogen and oxygen atoms in total. The zero-order chi connectivity index (χ0) is 26.1. The number of cyclic esters (lactones) is 1. The van der Waals surface area contributed by atoms with E-state index in [1.807, 2.05) is 0 Å². The normalized spacial score (nSPS) is 21.3. The summed E-state index contributed by atoms with van der Waals surface area (Å²) >= 11 is 0. The number of nitrogens with zero attached hydrogens (tertiary/aromatic N) is 2. The molecule has 1 aliphatic carbocycles. The van der Waals surface area contributed by atoms with Crippen molar-refractivity contribution in [3.05, 3.63) is 61.7 Å². The number of aliphatic hydroxyl groups excluding tert-OH is 1. The van der Waals surface area contributed by atoms with E-state index in [1.54, 1.807) is 24.5 Å². The van der Waals surface area contributed by atoms with E-state index in [1.165, 1.54) is 6.07 Å². The molecule has 0 amide bonds. The van der Waals surface area contributed by atoms with Crippen molar-refractivity contribution in [3.63, 3.8) is 0 Å². The molecule has 3 aliphatic rings. The number of aryl methyl sites for hydroxylation is 1. The molecular weight excluding hydrogens is 481 g/mol. The first kappa shape index (κ1) is 23.7. The van der Waals surface area contributed by atoms with Gasteiger partial charge >= 0.3 is 5.97 Å². The Morgan fingerprint density at radius 2 is 2.14 bits per heavy atom. The molecule has 0 spiro atoms. The van der Waals surface area contributed by atoms with Gasteiger partial charge in [-0.3, -0.25) is 9.59 Å². The number of nitrogens with one attached hydrogen (secondary N) is 1. The minimum absolute atomic E-state index is 0.0293. The minimum Gasteiger partial charge on any atom is -0.457 e. The molecule has 0 radical (unpaired) electrons. The summed E-state index contributed by atoms with van der Waals surface area (Å²) in [4.78, 5) is 42.7. The highest BCUT2D eigenvalue weighted by Gasteiger charge is 2.49. The summed E-state index contributed by atoms with van der Waals surface area (Å²) in [5.41, 5.74) is 3.29. The first-order chi connectivity index (χ1) is 17.9. The molecule has 2 aliphatic heterocycles. The molecule has 2 aromatic heterocycles. The third-order valence-electron chi connectivity index (χ3n) is 8.10. The van der Waals surface area contributed by atoms with Crippen LogP contribution in [-0.2, 0) is 44.2 Å². The zero-order valence-corrected chi connectivity index (χ0v) is 20.5. The van der Waals surface area contributed by atoms with Crippen molar-refractivity contribution in [1.82, 2.24) is 14.9 Å². The lowest BCUT2D eigenvalue weighted by Crippen LogP contribution is -2.46. The summed E-state index contributed by atoms with van der Waals surface area (Å²) in [6.45, 7) is 4.04. The molecule has 4 heterocycles. The van der Waals surface area contributed by atoms with E-state index in [0.29, 0.717) is 47.4 Å². The van der Waals surface area contributed by atoms with E-state index in [2.05, 4.69) is 5.32 Å². The topological polar surface area (TPSA) is 120 Å². The van der Waals surface area contributed by atoms with Crippen LogP contribution in [0.5, 0.6) is 0 Å². The second kappa shape index (κ2) is 8.46. The van der Waals surface area contributed by atoms with Crippen molar-refractivity contribution in [3.8, 4) is 11.4 Å². The average Bonchev–Trinajstić information content (AvgIpc) is 3.26. The molecule has 0 saturated carbocycles. The molecule has 37 heavy (non-hydrogen) atoms. The Bertz CT molecular complexity index is 1560. The Morgan fingerprint density at radius 1 is 1.32 bits per heavy atom. The summed E-state index contributed by atoms with van der Waals surface area (Å²) in [5.74, 6) is -1.06. The third-order valence-corrected chi connectivity index (χ3v) is 8.10. The highest BCUT2D eigenvalue weighted by molar-refractivity contribution is 5.93. The molecule has 0 saturated heterocycles. The molecule has 6 rings (SSSR count). The maximum Gasteiger partial charge on any atom is 0.355 e. The lowest BCUT2D eigenvalue weighted by Gasteiger charge is -2.34. The molecule has 2 atom stereocenters. The first-order valence-electron chi connectivity index (χ1n) is 12.4. The van der Waals surface area contributed by atoms with Gasteiger partial charge in [0.1, 0.15) is 12.4 Å². The van der Waals surface area contributed by atoms with Gasteiger partial charge in [0.25, 0.3) is 12.0 Å².